The van der Waals surface area contributed by atoms with Crippen LogP contribution in [0.1, 0.15) is 0 Å². The molecule has 0 aliphatic heterocycles. The molecule has 0 radical (unpaired) electrons. The summed E-state index contributed by atoms with van der Waals surface area (Å²) in [6, 6.07) is 11.6. The monoisotopic (exact) mass is 303 g/mol. The van der Waals surface area contributed by atoms with Gasteiger partial charge in [0.2, 0.25) is 0 Å². The first-order chi connectivity index (χ1) is 10.2. The molecule has 108 valence electrons. The number of aromatic nitrogens is 3. The predicted octanol–water partition coefficient (Wildman–Crippen LogP) is 2.52. The van der Waals surface area contributed by atoms with Crippen LogP contribution >= 0.6 is 11.6 Å². The average Bonchev–Trinajstić information content (AvgIpc) is 3.00. The van der Waals surface area contributed by atoms with Crippen molar-refractivity contribution in [1.29, 1.82) is 0 Å². The van der Waals surface area contributed by atoms with Gasteiger partial charge < -0.3 is 9.84 Å². The summed E-state index contributed by atoms with van der Waals surface area (Å²) < 4.78 is 7.16. The zero-order chi connectivity index (χ0) is 14.7. The maximum Gasteiger partial charge on any atom is 0.138 e. The largest absolute Gasteiger partial charge is 0.489 e. The Hall–Kier alpha value is -2.11. The van der Waals surface area contributed by atoms with Gasteiger partial charge in [-0.05, 0) is 11.5 Å². The summed E-state index contributed by atoms with van der Waals surface area (Å²) in [7, 11) is 0. The van der Waals surface area contributed by atoms with E-state index in [4.69, 9.17) is 16.3 Å². The predicted molar refractivity (Wildman–Crippen MR) is 80.5 cm³/mol. The minimum Gasteiger partial charge on any atom is -0.489 e. The van der Waals surface area contributed by atoms with Crippen LogP contribution in [0.3, 0.4) is 0 Å². The molecule has 0 saturated carbocycles. The third kappa shape index (κ3) is 3.15. The summed E-state index contributed by atoms with van der Waals surface area (Å²) in [5.41, 5.74) is 0. The molecule has 0 aliphatic carbocycles. The van der Waals surface area contributed by atoms with Gasteiger partial charge in [0.05, 0.1) is 11.6 Å². The van der Waals surface area contributed by atoms with Crippen molar-refractivity contribution in [2.75, 3.05) is 6.61 Å². The summed E-state index contributed by atoms with van der Waals surface area (Å²) in [5.74, 6) is 0.563. The minimum atomic E-state index is -0.686. The van der Waals surface area contributed by atoms with E-state index in [0.717, 1.165) is 10.8 Å². The highest BCUT2D eigenvalue weighted by molar-refractivity contribution is 6.37. The Morgan fingerprint density at radius 1 is 1.24 bits per heavy atom. The molecule has 1 N–H and O–H groups in total. The van der Waals surface area contributed by atoms with Gasteiger partial charge in [-0.2, -0.15) is 5.10 Å². The van der Waals surface area contributed by atoms with Gasteiger partial charge in [0.15, 0.2) is 0 Å². The lowest BCUT2D eigenvalue weighted by Gasteiger charge is -2.14. The lowest BCUT2D eigenvalue weighted by Crippen LogP contribution is -2.23. The van der Waals surface area contributed by atoms with E-state index in [1.165, 1.54) is 6.33 Å². The Kier molecular flexibility index (Phi) is 4.03. The molecule has 0 fully saturated rings. The number of aliphatic hydroxyl groups is 1. The second-order valence-electron chi connectivity index (χ2n) is 4.68. The third-order valence-electron chi connectivity index (χ3n) is 3.12. The summed E-state index contributed by atoms with van der Waals surface area (Å²) in [4.78, 5) is 3.82. The van der Waals surface area contributed by atoms with Crippen molar-refractivity contribution in [2.24, 2.45) is 0 Å². The standard InChI is InChI=1S/C15H14ClN3O2/c16-15-13-4-2-1-3-11(13)5-6-14(15)21-8-12(20)7-19-10-17-9-18-19/h1-6,9-10,12,20H,7-8H2. The van der Waals surface area contributed by atoms with E-state index in [9.17, 15) is 5.11 Å². The number of benzene rings is 2. The Bertz CT molecular complexity index is 731. The van der Waals surface area contributed by atoms with E-state index in [2.05, 4.69) is 10.1 Å². The molecular weight excluding hydrogens is 290 g/mol. The highest BCUT2D eigenvalue weighted by atomic mass is 35.5. The first-order valence-corrected chi connectivity index (χ1v) is 6.92. The second kappa shape index (κ2) is 6.11. The van der Waals surface area contributed by atoms with Gasteiger partial charge in [0.1, 0.15) is 31.1 Å². The summed E-state index contributed by atoms with van der Waals surface area (Å²) >= 11 is 6.33. The Labute approximate surface area is 126 Å². The van der Waals surface area contributed by atoms with Gasteiger partial charge in [-0.25, -0.2) is 4.98 Å². The van der Waals surface area contributed by atoms with Crippen LogP contribution < -0.4 is 4.74 Å². The van der Waals surface area contributed by atoms with E-state index < -0.39 is 6.10 Å². The number of rotatable bonds is 5. The Morgan fingerprint density at radius 2 is 2.10 bits per heavy atom. The molecule has 0 saturated heterocycles. The number of aliphatic hydroxyl groups excluding tert-OH is 1. The molecule has 1 atom stereocenters. The molecule has 0 spiro atoms. The quantitative estimate of drug-likeness (QED) is 0.787. The molecule has 1 unspecified atom stereocenters. The molecule has 1 heterocycles. The SMILES string of the molecule is OC(COc1ccc2ccccc2c1Cl)Cn1cncn1. The fraction of sp³-hybridized carbons (Fsp3) is 0.200. The van der Waals surface area contributed by atoms with Gasteiger partial charge >= 0.3 is 0 Å². The highest BCUT2D eigenvalue weighted by Crippen LogP contribution is 2.32. The lowest BCUT2D eigenvalue weighted by atomic mass is 10.1. The molecular formula is C15H14ClN3O2. The van der Waals surface area contributed by atoms with Crippen molar-refractivity contribution in [2.45, 2.75) is 12.6 Å². The zero-order valence-corrected chi connectivity index (χ0v) is 11.9. The van der Waals surface area contributed by atoms with Crippen LogP contribution in [0.15, 0.2) is 49.1 Å². The van der Waals surface area contributed by atoms with E-state index in [1.807, 2.05) is 36.4 Å². The van der Waals surface area contributed by atoms with Crippen LogP contribution in [0.4, 0.5) is 0 Å². The first-order valence-electron chi connectivity index (χ1n) is 6.54. The van der Waals surface area contributed by atoms with Crippen molar-refractivity contribution in [3.8, 4) is 5.75 Å². The van der Waals surface area contributed by atoms with Crippen molar-refractivity contribution in [1.82, 2.24) is 14.8 Å². The smallest absolute Gasteiger partial charge is 0.138 e. The Balaban J connectivity index is 1.69. The molecule has 3 aromatic rings. The van der Waals surface area contributed by atoms with Gasteiger partial charge in [0, 0.05) is 5.39 Å². The maximum absolute atomic E-state index is 9.93. The fourth-order valence-corrected chi connectivity index (χ4v) is 2.40. The highest BCUT2D eigenvalue weighted by Gasteiger charge is 2.10. The van der Waals surface area contributed by atoms with Crippen molar-refractivity contribution >= 4 is 22.4 Å². The van der Waals surface area contributed by atoms with Gasteiger partial charge in [-0.15, -0.1) is 0 Å². The van der Waals surface area contributed by atoms with Gasteiger partial charge in [0.25, 0.3) is 0 Å². The molecule has 1 aromatic heterocycles. The average molecular weight is 304 g/mol. The molecule has 21 heavy (non-hydrogen) atoms. The molecule has 2 aromatic carbocycles. The minimum absolute atomic E-state index is 0.137. The Morgan fingerprint density at radius 3 is 2.90 bits per heavy atom. The van der Waals surface area contributed by atoms with Crippen LogP contribution in [0, 0.1) is 0 Å². The van der Waals surface area contributed by atoms with Crippen LogP contribution in [-0.4, -0.2) is 32.6 Å². The number of ether oxygens (including phenoxy) is 1. The molecule has 0 bridgehead atoms. The number of fused-ring (bicyclic) bond motifs is 1. The van der Waals surface area contributed by atoms with Crippen molar-refractivity contribution in [3.05, 3.63) is 54.1 Å². The lowest BCUT2D eigenvalue weighted by molar-refractivity contribution is 0.0893. The normalized spacial score (nSPS) is 12.5. The molecule has 5 nitrogen and oxygen atoms in total. The van der Waals surface area contributed by atoms with Gasteiger partial charge in [-0.1, -0.05) is 41.9 Å². The topological polar surface area (TPSA) is 60.2 Å². The summed E-state index contributed by atoms with van der Waals surface area (Å²) in [6.45, 7) is 0.461. The number of halogens is 1. The van der Waals surface area contributed by atoms with Crippen LogP contribution in [0.2, 0.25) is 5.02 Å². The van der Waals surface area contributed by atoms with Gasteiger partial charge in [-0.3, -0.25) is 4.68 Å². The summed E-state index contributed by atoms with van der Waals surface area (Å²) in [5, 5.41) is 16.4. The van der Waals surface area contributed by atoms with Crippen LogP contribution in [-0.2, 0) is 6.54 Å². The first kappa shape index (κ1) is 13.9. The van der Waals surface area contributed by atoms with E-state index in [-0.39, 0.29) is 6.61 Å². The maximum atomic E-state index is 9.93. The number of nitrogens with zero attached hydrogens (tertiary/aromatic N) is 3. The summed E-state index contributed by atoms with van der Waals surface area (Å²) in [6.07, 6.45) is 2.29. The molecule has 3 rings (SSSR count). The third-order valence-corrected chi connectivity index (χ3v) is 3.51. The molecule has 0 amide bonds. The van der Waals surface area contributed by atoms with E-state index in [0.29, 0.717) is 17.3 Å². The van der Waals surface area contributed by atoms with Crippen LogP contribution in [0.25, 0.3) is 10.8 Å². The van der Waals surface area contributed by atoms with Crippen molar-refractivity contribution < 1.29 is 9.84 Å². The second-order valence-corrected chi connectivity index (χ2v) is 5.06. The molecule has 6 heteroatoms. The van der Waals surface area contributed by atoms with E-state index in [1.54, 1.807) is 11.0 Å². The number of hydrogen-bond acceptors (Lipinski definition) is 4. The zero-order valence-electron chi connectivity index (χ0n) is 11.2. The number of hydrogen-bond donors (Lipinski definition) is 1. The molecule has 0 aliphatic rings. The fourth-order valence-electron chi connectivity index (χ4n) is 2.11. The van der Waals surface area contributed by atoms with Crippen molar-refractivity contribution in [3.63, 3.8) is 0 Å². The van der Waals surface area contributed by atoms with E-state index >= 15 is 0 Å². The van der Waals surface area contributed by atoms with Crippen LogP contribution in [0.5, 0.6) is 5.75 Å².